The Balaban J connectivity index is 1.81. The smallest absolute Gasteiger partial charge is 0.268 e. The maximum atomic E-state index is 12.4. The molecule has 8 heteroatoms. The van der Waals surface area contributed by atoms with Gasteiger partial charge in [-0.3, -0.25) is 9.59 Å². The van der Waals surface area contributed by atoms with Gasteiger partial charge < -0.3 is 20.4 Å². The summed E-state index contributed by atoms with van der Waals surface area (Å²) in [5.74, 6) is 0.248. The Morgan fingerprint density at radius 1 is 1.67 bits per heavy atom. The average Bonchev–Trinajstić information content (AvgIpc) is 3.07. The van der Waals surface area contributed by atoms with Gasteiger partial charge in [0.05, 0.1) is 18.7 Å². The molecule has 2 aromatic heterocycles. The van der Waals surface area contributed by atoms with Crippen LogP contribution in [-0.2, 0) is 16.1 Å². The summed E-state index contributed by atoms with van der Waals surface area (Å²) in [4.78, 5) is 32.8. The summed E-state index contributed by atoms with van der Waals surface area (Å²) in [6.07, 6.45) is 0.504. The minimum absolute atomic E-state index is 0.183. The number of thiophene rings is 1. The van der Waals surface area contributed by atoms with Crippen LogP contribution in [-0.4, -0.2) is 46.6 Å². The number of aromatic nitrogens is 2. The minimum atomic E-state index is -0.971. The molecule has 1 atom stereocenters. The Morgan fingerprint density at radius 2 is 2.48 bits per heavy atom. The van der Waals surface area contributed by atoms with Crippen LogP contribution in [0.25, 0.3) is 10.2 Å². The summed E-state index contributed by atoms with van der Waals surface area (Å²) >= 11 is 1.34. The molecule has 0 aliphatic carbocycles. The van der Waals surface area contributed by atoms with Gasteiger partial charge in [-0.05, 0) is 17.9 Å². The fourth-order valence-electron chi connectivity index (χ4n) is 2.42. The van der Waals surface area contributed by atoms with E-state index in [1.54, 1.807) is 13.1 Å². The molecule has 0 radical (unpaired) electrons. The lowest BCUT2D eigenvalue weighted by molar-refractivity contribution is -0.136. The van der Waals surface area contributed by atoms with Crippen LogP contribution >= 0.6 is 11.3 Å². The van der Waals surface area contributed by atoms with Crippen LogP contribution in [0.5, 0.6) is 0 Å². The summed E-state index contributed by atoms with van der Waals surface area (Å²) in [7, 11) is 1.65. The fraction of sp³-hybridized carbons (Fsp3) is 0.462. The SMILES string of the molecule is CN(Cc1nc2ccsc2c(=O)[nH]1)C(=O)C1(N)CCOC1. The molecule has 1 saturated heterocycles. The molecule has 3 N–H and O–H groups in total. The highest BCUT2D eigenvalue weighted by molar-refractivity contribution is 7.17. The van der Waals surface area contributed by atoms with Crippen LogP contribution in [0.3, 0.4) is 0 Å². The molecule has 0 bridgehead atoms. The number of aromatic amines is 1. The van der Waals surface area contributed by atoms with Crippen LogP contribution in [0, 0.1) is 0 Å². The maximum absolute atomic E-state index is 12.4. The Kier molecular flexibility index (Phi) is 3.52. The van der Waals surface area contributed by atoms with E-state index in [-0.39, 0.29) is 24.6 Å². The van der Waals surface area contributed by atoms with Crippen LogP contribution < -0.4 is 11.3 Å². The van der Waals surface area contributed by atoms with Gasteiger partial charge in [0, 0.05) is 13.7 Å². The second-order valence-corrected chi connectivity index (χ2v) is 6.18. The number of carbonyl (C=O) groups is 1. The summed E-state index contributed by atoms with van der Waals surface area (Å²) in [5, 5.41) is 1.82. The Morgan fingerprint density at radius 3 is 3.19 bits per heavy atom. The molecule has 112 valence electrons. The van der Waals surface area contributed by atoms with E-state index < -0.39 is 5.54 Å². The van der Waals surface area contributed by atoms with Crippen LogP contribution in [0.1, 0.15) is 12.2 Å². The van der Waals surface area contributed by atoms with Crippen LogP contribution in [0.2, 0.25) is 0 Å². The number of rotatable bonds is 3. The Labute approximate surface area is 124 Å². The molecular formula is C13H16N4O3S. The van der Waals surface area contributed by atoms with E-state index in [0.717, 1.165) is 0 Å². The second kappa shape index (κ2) is 5.21. The van der Waals surface area contributed by atoms with E-state index in [1.807, 2.05) is 5.38 Å². The number of hydrogen-bond donors (Lipinski definition) is 2. The largest absolute Gasteiger partial charge is 0.379 e. The summed E-state index contributed by atoms with van der Waals surface area (Å²) in [5.41, 5.74) is 5.55. The number of nitrogens with two attached hydrogens (primary N) is 1. The van der Waals surface area contributed by atoms with E-state index >= 15 is 0 Å². The number of likely N-dealkylation sites (N-methyl/N-ethyl adjacent to an activating group) is 1. The summed E-state index contributed by atoms with van der Waals surface area (Å²) in [6.45, 7) is 0.925. The average molecular weight is 308 g/mol. The minimum Gasteiger partial charge on any atom is -0.379 e. The predicted octanol–water partition coefficient (Wildman–Crippen LogP) is 0.0608. The van der Waals surface area contributed by atoms with E-state index in [0.29, 0.717) is 29.1 Å². The van der Waals surface area contributed by atoms with Crippen LogP contribution in [0.4, 0.5) is 0 Å². The molecule has 7 nitrogen and oxygen atoms in total. The first kappa shape index (κ1) is 14.2. The molecule has 1 fully saturated rings. The maximum Gasteiger partial charge on any atom is 0.268 e. The predicted molar refractivity (Wildman–Crippen MR) is 79.1 cm³/mol. The van der Waals surface area contributed by atoms with Crippen molar-refractivity contribution in [2.75, 3.05) is 20.3 Å². The van der Waals surface area contributed by atoms with Gasteiger partial charge in [0.1, 0.15) is 16.1 Å². The Hall–Kier alpha value is -1.77. The third-order valence-electron chi connectivity index (χ3n) is 3.58. The molecule has 1 aliphatic heterocycles. The van der Waals surface area contributed by atoms with Crippen molar-refractivity contribution in [2.45, 2.75) is 18.5 Å². The highest BCUT2D eigenvalue weighted by Gasteiger charge is 2.40. The first-order valence-electron chi connectivity index (χ1n) is 6.58. The first-order valence-corrected chi connectivity index (χ1v) is 7.46. The van der Waals surface area contributed by atoms with Crippen molar-refractivity contribution >= 4 is 27.5 Å². The van der Waals surface area contributed by atoms with Gasteiger partial charge in [-0.1, -0.05) is 0 Å². The van der Waals surface area contributed by atoms with Crippen molar-refractivity contribution in [3.8, 4) is 0 Å². The van der Waals surface area contributed by atoms with Crippen LogP contribution in [0.15, 0.2) is 16.2 Å². The zero-order valence-electron chi connectivity index (χ0n) is 11.6. The Bertz CT molecular complexity index is 732. The van der Waals surface area contributed by atoms with E-state index in [4.69, 9.17) is 10.5 Å². The topological polar surface area (TPSA) is 101 Å². The van der Waals surface area contributed by atoms with Crippen molar-refractivity contribution in [3.05, 3.63) is 27.6 Å². The summed E-state index contributed by atoms with van der Waals surface area (Å²) < 4.78 is 5.79. The van der Waals surface area contributed by atoms with Gasteiger partial charge in [0.2, 0.25) is 5.91 Å². The number of carbonyl (C=O) groups excluding carboxylic acids is 1. The molecule has 0 aromatic carbocycles. The normalized spacial score (nSPS) is 21.8. The third kappa shape index (κ3) is 2.57. The number of H-pyrrole nitrogens is 1. The number of nitrogens with one attached hydrogen (secondary N) is 1. The van der Waals surface area contributed by atoms with Gasteiger partial charge in [-0.2, -0.15) is 0 Å². The molecule has 3 rings (SSSR count). The van der Waals surface area contributed by atoms with Crippen molar-refractivity contribution in [1.29, 1.82) is 0 Å². The lowest BCUT2D eigenvalue weighted by Gasteiger charge is -2.27. The van der Waals surface area contributed by atoms with Crippen molar-refractivity contribution in [2.24, 2.45) is 5.73 Å². The van der Waals surface area contributed by atoms with Gasteiger partial charge in [-0.15, -0.1) is 11.3 Å². The standard InChI is InChI=1S/C13H16N4O3S/c1-17(12(19)13(14)3-4-20-7-13)6-9-15-8-2-5-21-10(8)11(18)16-9/h2,5H,3-4,6-7,14H2,1H3,(H,15,16,18). The fourth-order valence-corrected chi connectivity index (χ4v) is 3.15. The molecule has 1 aliphatic rings. The van der Waals surface area contributed by atoms with Gasteiger partial charge >= 0.3 is 0 Å². The van der Waals surface area contributed by atoms with Crippen molar-refractivity contribution in [3.63, 3.8) is 0 Å². The monoisotopic (exact) mass is 308 g/mol. The lowest BCUT2D eigenvalue weighted by atomic mass is 9.98. The highest BCUT2D eigenvalue weighted by atomic mass is 32.1. The van der Waals surface area contributed by atoms with E-state index in [2.05, 4.69) is 9.97 Å². The zero-order chi connectivity index (χ0) is 15.0. The first-order chi connectivity index (χ1) is 9.99. The zero-order valence-corrected chi connectivity index (χ0v) is 12.4. The van der Waals surface area contributed by atoms with E-state index in [1.165, 1.54) is 16.2 Å². The highest BCUT2D eigenvalue weighted by Crippen LogP contribution is 2.19. The molecule has 1 amide bonds. The third-order valence-corrected chi connectivity index (χ3v) is 4.48. The molecular weight excluding hydrogens is 292 g/mol. The van der Waals surface area contributed by atoms with Gasteiger partial charge in [-0.25, -0.2) is 4.98 Å². The molecule has 0 spiro atoms. The number of fused-ring (bicyclic) bond motifs is 1. The van der Waals surface area contributed by atoms with Gasteiger partial charge in [0.25, 0.3) is 5.56 Å². The number of amides is 1. The molecule has 3 heterocycles. The van der Waals surface area contributed by atoms with E-state index in [9.17, 15) is 9.59 Å². The summed E-state index contributed by atoms with van der Waals surface area (Å²) in [6, 6.07) is 1.79. The number of nitrogens with zero attached hydrogens (tertiary/aromatic N) is 2. The van der Waals surface area contributed by atoms with Crippen molar-refractivity contribution < 1.29 is 9.53 Å². The molecule has 0 saturated carbocycles. The number of hydrogen-bond acceptors (Lipinski definition) is 6. The molecule has 1 unspecified atom stereocenters. The quantitative estimate of drug-likeness (QED) is 0.835. The number of ether oxygens (including phenoxy) is 1. The van der Waals surface area contributed by atoms with Gasteiger partial charge in [0.15, 0.2) is 0 Å². The molecule has 2 aromatic rings. The molecule has 21 heavy (non-hydrogen) atoms. The second-order valence-electron chi connectivity index (χ2n) is 5.27. The lowest BCUT2D eigenvalue weighted by Crippen LogP contribution is -2.54. The van der Waals surface area contributed by atoms with Crippen molar-refractivity contribution in [1.82, 2.24) is 14.9 Å².